The molecule has 2 fully saturated rings. The molecule has 194 valence electrons. The van der Waals surface area contributed by atoms with Gasteiger partial charge in [-0.2, -0.15) is 0 Å². The maximum atomic E-state index is 13.4. The van der Waals surface area contributed by atoms with E-state index >= 15 is 0 Å². The third-order valence-corrected chi connectivity index (χ3v) is 7.50. The summed E-state index contributed by atoms with van der Waals surface area (Å²) in [6.07, 6.45) is 6.41. The summed E-state index contributed by atoms with van der Waals surface area (Å²) in [5.41, 5.74) is 7.96. The van der Waals surface area contributed by atoms with Crippen molar-refractivity contribution >= 4 is 30.2 Å². The number of hydrogen-bond donors (Lipinski definition) is 3. The maximum absolute atomic E-state index is 13.4. The van der Waals surface area contributed by atoms with Crippen LogP contribution in [-0.2, 0) is 14.4 Å². The predicted molar refractivity (Wildman–Crippen MR) is 141 cm³/mol. The summed E-state index contributed by atoms with van der Waals surface area (Å²) >= 11 is 0. The van der Waals surface area contributed by atoms with E-state index in [1.54, 1.807) is 4.90 Å². The number of halogens is 1. The summed E-state index contributed by atoms with van der Waals surface area (Å²) in [5.74, 6) is -2.17. The molecule has 4 rings (SSSR count). The Morgan fingerprint density at radius 2 is 1.42 bits per heavy atom. The molecular formula is C28H36ClN3O4. The van der Waals surface area contributed by atoms with E-state index in [0.29, 0.717) is 19.4 Å². The number of nitrogens with two attached hydrogens (primary N) is 1. The van der Waals surface area contributed by atoms with E-state index in [1.807, 2.05) is 60.7 Å². The number of nitrogens with zero attached hydrogens (tertiary/aromatic N) is 1. The van der Waals surface area contributed by atoms with Gasteiger partial charge in [0.05, 0.1) is 6.04 Å². The van der Waals surface area contributed by atoms with Crippen molar-refractivity contribution in [1.82, 2.24) is 10.2 Å². The topological polar surface area (TPSA) is 113 Å². The van der Waals surface area contributed by atoms with E-state index in [2.05, 4.69) is 5.32 Å². The quantitative estimate of drug-likeness (QED) is 0.498. The van der Waals surface area contributed by atoms with Crippen LogP contribution in [0, 0.1) is 5.92 Å². The van der Waals surface area contributed by atoms with E-state index in [-0.39, 0.29) is 24.2 Å². The van der Waals surface area contributed by atoms with Crippen LogP contribution in [0.4, 0.5) is 0 Å². The van der Waals surface area contributed by atoms with Gasteiger partial charge in [-0.05, 0) is 42.7 Å². The number of hydrogen-bond acceptors (Lipinski definition) is 4. The van der Waals surface area contributed by atoms with Gasteiger partial charge in [0.1, 0.15) is 12.1 Å². The Hall–Kier alpha value is -2.90. The summed E-state index contributed by atoms with van der Waals surface area (Å²) in [6.45, 7) is 0.468. The van der Waals surface area contributed by atoms with Gasteiger partial charge in [0.15, 0.2) is 0 Å². The fraction of sp³-hybridized carbons (Fsp3) is 0.464. The Kier molecular flexibility index (Phi) is 9.90. The lowest BCUT2D eigenvalue weighted by Gasteiger charge is -2.33. The molecular weight excluding hydrogens is 478 g/mol. The van der Waals surface area contributed by atoms with Crippen molar-refractivity contribution in [3.05, 3.63) is 71.8 Å². The second-order valence-electron chi connectivity index (χ2n) is 9.74. The van der Waals surface area contributed by atoms with Gasteiger partial charge < -0.3 is 21.1 Å². The largest absolute Gasteiger partial charge is 0.480 e. The normalized spacial score (nSPS) is 19.8. The summed E-state index contributed by atoms with van der Waals surface area (Å²) < 4.78 is 0. The minimum atomic E-state index is -1.18. The van der Waals surface area contributed by atoms with Gasteiger partial charge in [-0.15, -0.1) is 12.4 Å². The molecule has 3 atom stereocenters. The van der Waals surface area contributed by atoms with E-state index in [1.165, 1.54) is 6.42 Å². The van der Waals surface area contributed by atoms with Crippen LogP contribution in [-0.4, -0.2) is 52.5 Å². The summed E-state index contributed by atoms with van der Waals surface area (Å²) in [4.78, 5) is 40.7. The van der Waals surface area contributed by atoms with Crippen LogP contribution < -0.4 is 11.1 Å². The molecule has 1 saturated carbocycles. The fourth-order valence-electron chi connectivity index (χ4n) is 5.62. The molecule has 2 aromatic rings. The number of aliphatic carboxylic acids is 1. The number of amides is 2. The van der Waals surface area contributed by atoms with E-state index in [4.69, 9.17) is 5.73 Å². The smallest absolute Gasteiger partial charge is 0.327 e. The SMILES string of the molecule is Cl.N[C@H](C(=O)N1CCC[C@H]1C(=O)N[C@H](C(=O)O)C(c1ccccc1)c1ccccc1)C1CCCCC1. The molecule has 0 bridgehead atoms. The number of nitrogens with one attached hydrogen (secondary N) is 1. The van der Waals surface area contributed by atoms with Crippen LogP contribution in [0.15, 0.2) is 60.7 Å². The highest BCUT2D eigenvalue weighted by atomic mass is 35.5. The van der Waals surface area contributed by atoms with Crippen LogP contribution in [0.5, 0.6) is 0 Å². The van der Waals surface area contributed by atoms with Gasteiger partial charge in [0, 0.05) is 12.5 Å². The molecule has 0 radical (unpaired) electrons. The average molecular weight is 514 g/mol. The molecule has 1 saturated heterocycles. The van der Waals surface area contributed by atoms with E-state index < -0.39 is 35.9 Å². The van der Waals surface area contributed by atoms with Crippen molar-refractivity contribution in [1.29, 1.82) is 0 Å². The number of carbonyl (C=O) groups is 3. The van der Waals surface area contributed by atoms with Crippen LogP contribution in [0.3, 0.4) is 0 Å². The Morgan fingerprint density at radius 1 is 0.861 bits per heavy atom. The van der Waals surface area contributed by atoms with Crippen LogP contribution in [0.25, 0.3) is 0 Å². The summed E-state index contributed by atoms with van der Waals surface area (Å²) in [7, 11) is 0. The molecule has 0 aromatic heterocycles. The fourth-order valence-corrected chi connectivity index (χ4v) is 5.62. The first-order chi connectivity index (χ1) is 17.0. The number of carboxylic acid groups (broad SMARTS) is 1. The molecule has 1 aliphatic carbocycles. The van der Waals surface area contributed by atoms with Gasteiger partial charge >= 0.3 is 5.97 Å². The van der Waals surface area contributed by atoms with Crippen LogP contribution in [0.1, 0.15) is 62.0 Å². The molecule has 0 spiro atoms. The monoisotopic (exact) mass is 513 g/mol. The second-order valence-corrected chi connectivity index (χ2v) is 9.74. The second kappa shape index (κ2) is 12.9. The zero-order chi connectivity index (χ0) is 24.8. The number of rotatable bonds is 8. The van der Waals surface area contributed by atoms with E-state index in [0.717, 1.165) is 36.8 Å². The first-order valence-electron chi connectivity index (χ1n) is 12.7. The third-order valence-electron chi connectivity index (χ3n) is 7.50. The molecule has 0 unspecified atom stereocenters. The molecule has 36 heavy (non-hydrogen) atoms. The number of carboxylic acids is 1. The highest BCUT2D eigenvalue weighted by Crippen LogP contribution is 2.30. The third kappa shape index (κ3) is 6.26. The van der Waals surface area contributed by atoms with Crippen LogP contribution in [0.2, 0.25) is 0 Å². The van der Waals surface area contributed by atoms with Gasteiger partial charge in [-0.3, -0.25) is 9.59 Å². The predicted octanol–water partition coefficient (Wildman–Crippen LogP) is 3.71. The van der Waals surface area contributed by atoms with Gasteiger partial charge in [-0.25, -0.2) is 4.79 Å². The van der Waals surface area contributed by atoms with Gasteiger partial charge in [0.2, 0.25) is 11.8 Å². The molecule has 2 amide bonds. The molecule has 1 heterocycles. The minimum absolute atomic E-state index is 0. The van der Waals surface area contributed by atoms with Crippen molar-refractivity contribution < 1.29 is 19.5 Å². The van der Waals surface area contributed by atoms with Gasteiger partial charge in [0.25, 0.3) is 0 Å². The lowest BCUT2D eigenvalue weighted by molar-refractivity contribution is -0.144. The van der Waals surface area contributed by atoms with Gasteiger partial charge in [-0.1, -0.05) is 79.9 Å². The molecule has 1 aliphatic heterocycles. The van der Waals surface area contributed by atoms with Crippen molar-refractivity contribution in [2.75, 3.05) is 6.54 Å². The first kappa shape index (κ1) is 27.7. The zero-order valence-corrected chi connectivity index (χ0v) is 21.2. The molecule has 2 aliphatic rings. The minimum Gasteiger partial charge on any atom is -0.480 e. The summed E-state index contributed by atoms with van der Waals surface area (Å²) in [6, 6.07) is 16.2. The Bertz CT molecular complexity index is 974. The Labute approximate surface area is 218 Å². The lowest BCUT2D eigenvalue weighted by Crippen LogP contribution is -2.56. The standard InChI is InChI=1S/C28H35N3O4.ClH/c29-24(21-15-8-3-9-16-21)27(33)31-18-10-17-22(31)26(32)30-25(28(34)35)23(19-11-4-1-5-12-19)20-13-6-2-7-14-20;/h1-2,4-7,11-14,21-25H,3,8-10,15-18,29H2,(H,30,32)(H,34,35);1H/t22-,24-,25-;/m0./s1. The number of likely N-dealkylation sites (tertiary alicyclic amines) is 1. The number of benzene rings is 2. The maximum Gasteiger partial charge on any atom is 0.327 e. The van der Waals surface area contributed by atoms with Crippen molar-refractivity contribution in [3.8, 4) is 0 Å². The van der Waals surface area contributed by atoms with Crippen LogP contribution >= 0.6 is 12.4 Å². The number of carbonyl (C=O) groups excluding carboxylic acids is 2. The summed E-state index contributed by atoms with van der Waals surface area (Å²) in [5, 5.41) is 13.0. The first-order valence-corrected chi connectivity index (χ1v) is 12.7. The lowest BCUT2D eigenvalue weighted by atomic mass is 9.83. The van der Waals surface area contributed by atoms with Crippen molar-refractivity contribution in [2.45, 2.75) is 69.0 Å². The zero-order valence-electron chi connectivity index (χ0n) is 20.4. The van der Waals surface area contributed by atoms with E-state index in [9.17, 15) is 19.5 Å². The molecule has 7 nitrogen and oxygen atoms in total. The molecule has 4 N–H and O–H groups in total. The molecule has 8 heteroatoms. The van der Waals surface area contributed by atoms with Crippen molar-refractivity contribution in [2.24, 2.45) is 11.7 Å². The average Bonchev–Trinajstić information content (AvgIpc) is 3.39. The Balaban J connectivity index is 0.00000361. The molecule has 2 aromatic carbocycles. The Morgan fingerprint density at radius 3 is 1.94 bits per heavy atom. The highest BCUT2D eigenvalue weighted by molar-refractivity contribution is 5.92. The van der Waals surface area contributed by atoms with Crippen molar-refractivity contribution in [3.63, 3.8) is 0 Å². The highest BCUT2D eigenvalue weighted by Gasteiger charge is 2.41.